The molecule has 1 aromatic carbocycles. The summed E-state index contributed by atoms with van der Waals surface area (Å²) < 4.78 is 45.9. The topological polar surface area (TPSA) is 135 Å². The number of hydrogen-bond donors (Lipinski definition) is 3. The van der Waals surface area contributed by atoms with Gasteiger partial charge in [0.05, 0.1) is 27.1 Å². The number of sulfone groups is 1. The molecular weight excluding hydrogens is 485 g/mol. The van der Waals surface area contributed by atoms with Crippen LogP contribution in [0, 0.1) is 19.7 Å². The lowest BCUT2D eigenvalue weighted by molar-refractivity contribution is 0.0983. The molecule has 0 saturated carbocycles. The monoisotopic (exact) mass is 511 g/mol. The average Bonchev–Trinajstić information content (AvgIpc) is 3.26. The Hall–Kier alpha value is -3.64. The molecule has 1 aliphatic heterocycles. The van der Waals surface area contributed by atoms with Gasteiger partial charge in [-0.1, -0.05) is 0 Å². The maximum absolute atomic E-state index is 14.2. The number of aromatic nitrogens is 5. The van der Waals surface area contributed by atoms with Gasteiger partial charge in [0.1, 0.15) is 11.6 Å². The molecule has 4 aromatic rings. The van der Waals surface area contributed by atoms with Gasteiger partial charge in [-0.25, -0.2) is 22.8 Å². The zero-order valence-electron chi connectivity index (χ0n) is 20.1. The second kappa shape index (κ2) is 9.43. The second-order valence-corrected chi connectivity index (χ2v) is 11.0. The highest BCUT2D eigenvalue weighted by Crippen LogP contribution is 2.32. The number of anilines is 3. The molecule has 0 atom stereocenters. The van der Waals surface area contributed by atoms with E-state index in [9.17, 15) is 12.8 Å². The number of rotatable bonds is 6. The molecule has 1 fully saturated rings. The molecule has 10 nitrogen and oxygen atoms in total. The molecule has 3 N–H and O–H groups in total. The van der Waals surface area contributed by atoms with Gasteiger partial charge in [-0.3, -0.25) is 5.10 Å². The quantitative estimate of drug-likeness (QED) is 0.352. The van der Waals surface area contributed by atoms with Crippen LogP contribution in [0.25, 0.3) is 22.3 Å². The predicted octanol–water partition coefficient (Wildman–Crippen LogP) is 3.91. The highest BCUT2D eigenvalue weighted by molar-refractivity contribution is 7.92. The minimum atomic E-state index is -3.50. The number of nitrogens with one attached hydrogen (secondary N) is 3. The Morgan fingerprint density at radius 2 is 1.89 bits per heavy atom. The van der Waals surface area contributed by atoms with Crippen LogP contribution in [0.5, 0.6) is 0 Å². The number of pyridine rings is 1. The third-order valence-corrected chi connectivity index (χ3v) is 8.45. The van der Waals surface area contributed by atoms with Crippen molar-refractivity contribution in [3.8, 4) is 11.3 Å². The van der Waals surface area contributed by atoms with E-state index in [0.29, 0.717) is 59.9 Å². The van der Waals surface area contributed by atoms with E-state index in [1.165, 1.54) is 6.07 Å². The van der Waals surface area contributed by atoms with Crippen molar-refractivity contribution in [2.75, 3.05) is 30.9 Å². The molecule has 12 heteroatoms. The summed E-state index contributed by atoms with van der Waals surface area (Å²) >= 11 is 0. The smallest absolute Gasteiger partial charge is 0.229 e. The van der Waals surface area contributed by atoms with Crippen molar-refractivity contribution in [2.45, 2.75) is 36.8 Å². The van der Waals surface area contributed by atoms with Gasteiger partial charge in [0.25, 0.3) is 0 Å². The van der Waals surface area contributed by atoms with Crippen LogP contribution in [0.1, 0.15) is 24.1 Å². The Kier molecular flexibility index (Phi) is 6.31. The fraction of sp³-hybridized carbons (Fsp3) is 0.333. The number of H-pyrrole nitrogens is 1. The lowest BCUT2D eigenvalue weighted by Gasteiger charge is -2.22. The number of ether oxygens (including phenoxy) is 1. The largest absolute Gasteiger partial charge is 0.381 e. The summed E-state index contributed by atoms with van der Waals surface area (Å²) in [6.07, 6.45) is 2.55. The van der Waals surface area contributed by atoms with Gasteiger partial charge in [-0.15, -0.1) is 0 Å². The molecular formula is C24H26FN7O3S. The van der Waals surface area contributed by atoms with Crippen LogP contribution < -0.4 is 10.6 Å². The van der Waals surface area contributed by atoms with Gasteiger partial charge in [-0.05, 0) is 56.5 Å². The Labute approximate surface area is 207 Å². The first-order valence-corrected chi connectivity index (χ1v) is 13.1. The molecule has 1 aliphatic rings. The minimum absolute atomic E-state index is 0.260. The van der Waals surface area contributed by atoms with Crippen LogP contribution in [0.15, 0.2) is 35.4 Å². The number of aromatic amines is 1. The summed E-state index contributed by atoms with van der Waals surface area (Å²) in [5.41, 5.74) is 3.14. The molecule has 0 unspecified atom stereocenters. The van der Waals surface area contributed by atoms with Crippen molar-refractivity contribution >= 4 is 38.3 Å². The second-order valence-electron chi connectivity index (χ2n) is 8.75. The Balaban J connectivity index is 1.47. The predicted molar refractivity (Wildman–Crippen MR) is 135 cm³/mol. The Morgan fingerprint density at radius 1 is 1.11 bits per heavy atom. The molecule has 4 heterocycles. The van der Waals surface area contributed by atoms with E-state index in [1.807, 2.05) is 13.0 Å². The van der Waals surface area contributed by atoms with E-state index in [2.05, 4.69) is 35.8 Å². The lowest BCUT2D eigenvalue weighted by atomic mass is 10.1. The van der Waals surface area contributed by atoms with E-state index in [4.69, 9.17) is 4.74 Å². The maximum Gasteiger partial charge on any atom is 0.229 e. The first-order chi connectivity index (χ1) is 17.3. The van der Waals surface area contributed by atoms with Crippen LogP contribution >= 0.6 is 0 Å². The van der Waals surface area contributed by atoms with Gasteiger partial charge in [-0.2, -0.15) is 10.1 Å². The molecule has 188 valence electrons. The van der Waals surface area contributed by atoms with E-state index in [0.717, 1.165) is 5.56 Å². The Morgan fingerprint density at radius 3 is 2.64 bits per heavy atom. The lowest BCUT2D eigenvalue weighted by Crippen LogP contribution is -2.29. The number of nitrogens with zero attached hydrogens (tertiary/aromatic N) is 4. The number of fused-ring (bicyclic) bond motifs is 1. The zero-order chi connectivity index (χ0) is 25.4. The zero-order valence-corrected chi connectivity index (χ0v) is 20.9. The van der Waals surface area contributed by atoms with E-state index in [1.54, 1.807) is 32.3 Å². The minimum Gasteiger partial charge on any atom is -0.381 e. The molecule has 5 rings (SSSR count). The number of benzene rings is 1. The molecule has 0 amide bonds. The van der Waals surface area contributed by atoms with Crippen molar-refractivity contribution < 1.29 is 17.5 Å². The fourth-order valence-corrected chi connectivity index (χ4v) is 6.16. The molecule has 36 heavy (non-hydrogen) atoms. The molecule has 1 saturated heterocycles. The maximum atomic E-state index is 14.2. The number of aryl methyl sites for hydroxylation is 2. The van der Waals surface area contributed by atoms with E-state index in [-0.39, 0.29) is 16.5 Å². The summed E-state index contributed by atoms with van der Waals surface area (Å²) in [7, 11) is -1.79. The first-order valence-electron chi connectivity index (χ1n) is 11.5. The van der Waals surface area contributed by atoms with Gasteiger partial charge in [0.15, 0.2) is 15.5 Å². The third kappa shape index (κ3) is 4.49. The molecule has 3 aromatic heterocycles. The van der Waals surface area contributed by atoms with Gasteiger partial charge >= 0.3 is 0 Å². The third-order valence-electron chi connectivity index (χ3n) is 6.21. The van der Waals surface area contributed by atoms with Crippen molar-refractivity contribution in [2.24, 2.45) is 0 Å². The number of halogens is 1. The first kappa shape index (κ1) is 24.1. The summed E-state index contributed by atoms with van der Waals surface area (Å²) in [6, 6.07) is 6.50. The summed E-state index contributed by atoms with van der Waals surface area (Å²) in [6.45, 7) is 4.32. The van der Waals surface area contributed by atoms with Crippen LogP contribution in [-0.2, 0) is 14.6 Å². The molecule has 0 radical (unpaired) electrons. The summed E-state index contributed by atoms with van der Waals surface area (Å²) in [4.78, 5) is 13.4. The van der Waals surface area contributed by atoms with Crippen molar-refractivity contribution in [3.05, 3.63) is 47.5 Å². The van der Waals surface area contributed by atoms with Gasteiger partial charge in [0, 0.05) is 37.5 Å². The highest BCUT2D eigenvalue weighted by Gasteiger charge is 2.30. The van der Waals surface area contributed by atoms with Crippen LogP contribution in [-0.4, -0.2) is 59.1 Å². The number of hydrogen-bond acceptors (Lipinski definition) is 9. The molecule has 0 aliphatic carbocycles. The van der Waals surface area contributed by atoms with Crippen molar-refractivity contribution in [3.63, 3.8) is 0 Å². The van der Waals surface area contributed by atoms with E-state index >= 15 is 0 Å². The highest BCUT2D eigenvalue weighted by atomic mass is 32.2. The van der Waals surface area contributed by atoms with Gasteiger partial charge < -0.3 is 15.4 Å². The summed E-state index contributed by atoms with van der Waals surface area (Å²) in [5.74, 6) is 0.315. The normalized spacial score (nSPS) is 14.8. The van der Waals surface area contributed by atoms with Crippen molar-refractivity contribution in [1.82, 2.24) is 25.1 Å². The van der Waals surface area contributed by atoms with Crippen LogP contribution in [0.2, 0.25) is 0 Å². The average molecular weight is 512 g/mol. The summed E-state index contributed by atoms with van der Waals surface area (Å²) in [5, 5.41) is 13.3. The van der Waals surface area contributed by atoms with Crippen molar-refractivity contribution in [1.29, 1.82) is 0 Å². The van der Waals surface area contributed by atoms with E-state index < -0.39 is 20.9 Å². The molecule has 0 bridgehead atoms. The van der Waals surface area contributed by atoms with Crippen LogP contribution in [0.3, 0.4) is 0 Å². The standard InChI is InChI=1S/C24H26FN7O3S/c1-13-8-15(10-17(9-13)36(33,34)16-4-6-35-7-5-16)29-24-27-12-19(22(26-3)30-24)21-18-11-20(25)14(2)28-23(18)32-31-21/h8-12,16H,4-7H2,1-3H3,(H,28,31,32)(H2,26,27,29,30). The molecule has 0 spiro atoms. The Bertz CT molecular complexity index is 1550. The fourth-order valence-electron chi connectivity index (χ4n) is 4.32. The van der Waals surface area contributed by atoms with Gasteiger partial charge in [0.2, 0.25) is 5.95 Å². The SMILES string of the molecule is CNc1nc(Nc2cc(C)cc(S(=O)(=O)C3CCOCC3)c2)ncc1-c1[nH]nc2nc(C)c(F)cc12. The van der Waals surface area contributed by atoms with Crippen LogP contribution in [0.4, 0.5) is 21.8 Å².